The molecular formula is C12H11NO2S2. The Morgan fingerprint density at radius 2 is 2.00 bits per heavy atom. The highest BCUT2D eigenvalue weighted by molar-refractivity contribution is 7.73. The van der Waals surface area contributed by atoms with Crippen molar-refractivity contribution in [3.05, 3.63) is 39.5 Å². The van der Waals surface area contributed by atoms with Crippen molar-refractivity contribution in [2.75, 3.05) is 7.11 Å². The fourth-order valence-electron chi connectivity index (χ4n) is 1.56. The van der Waals surface area contributed by atoms with Gasteiger partial charge in [-0.15, -0.1) is 11.3 Å². The zero-order valence-electron chi connectivity index (χ0n) is 9.44. The Balaban J connectivity index is 2.39. The number of aromatic amines is 1. The molecule has 0 spiro atoms. The van der Waals surface area contributed by atoms with Crippen LogP contribution in [0.1, 0.15) is 16.1 Å². The average molecular weight is 265 g/mol. The maximum Gasteiger partial charge on any atom is 0.337 e. The van der Waals surface area contributed by atoms with E-state index in [1.807, 2.05) is 19.1 Å². The molecule has 5 heteroatoms. The predicted octanol–water partition coefficient (Wildman–Crippen LogP) is 3.57. The fourth-order valence-corrected chi connectivity index (χ4v) is 2.81. The molecule has 2 aromatic rings. The molecule has 0 saturated heterocycles. The summed E-state index contributed by atoms with van der Waals surface area (Å²) < 4.78 is 5.41. The average Bonchev–Trinajstić information content (AvgIpc) is 2.68. The van der Waals surface area contributed by atoms with Crippen LogP contribution >= 0.6 is 23.6 Å². The molecule has 0 unspecified atom stereocenters. The van der Waals surface area contributed by atoms with Crippen LogP contribution in [0.3, 0.4) is 0 Å². The standard InChI is InChI=1S/C12H11NO2S2/c1-7-10(17-12(16)13-7)8-3-5-9(6-4-8)11(14)15-2/h3-6H,1-2H3,(H,13,16). The van der Waals surface area contributed by atoms with Crippen LogP contribution in [0.4, 0.5) is 0 Å². The lowest BCUT2D eigenvalue weighted by Gasteiger charge is -2.01. The van der Waals surface area contributed by atoms with Crippen molar-refractivity contribution in [2.45, 2.75) is 6.92 Å². The van der Waals surface area contributed by atoms with Crippen molar-refractivity contribution in [3.8, 4) is 10.4 Å². The number of benzene rings is 1. The first-order valence-electron chi connectivity index (χ1n) is 5.00. The molecule has 17 heavy (non-hydrogen) atoms. The summed E-state index contributed by atoms with van der Waals surface area (Å²) >= 11 is 6.63. The third kappa shape index (κ3) is 2.45. The third-order valence-electron chi connectivity index (χ3n) is 2.39. The summed E-state index contributed by atoms with van der Waals surface area (Å²) in [6.45, 7) is 1.98. The molecule has 0 amide bonds. The van der Waals surface area contributed by atoms with Gasteiger partial charge in [0.2, 0.25) is 0 Å². The number of methoxy groups -OCH3 is 1. The molecule has 1 heterocycles. The van der Waals surface area contributed by atoms with Crippen molar-refractivity contribution in [1.29, 1.82) is 0 Å². The van der Waals surface area contributed by atoms with Crippen LogP contribution < -0.4 is 0 Å². The highest BCUT2D eigenvalue weighted by Crippen LogP contribution is 2.28. The van der Waals surface area contributed by atoms with Crippen molar-refractivity contribution < 1.29 is 9.53 Å². The lowest BCUT2D eigenvalue weighted by atomic mass is 10.1. The molecule has 2 rings (SSSR count). The number of aryl methyl sites for hydroxylation is 1. The first-order chi connectivity index (χ1) is 8.11. The van der Waals surface area contributed by atoms with Crippen molar-refractivity contribution in [1.82, 2.24) is 4.98 Å². The van der Waals surface area contributed by atoms with Gasteiger partial charge < -0.3 is 9.72 Å². The van der Waals surface area contributed by atoms with Gasteiger partial charge >= 0.3 is 5.97 Å². The summed E-state index contributed by atoms with van der Waals surface area (Å²) in [5, 5.41) is 0. The van der Waals surface area contributed by atoms with Gasteiger partial charge in [0.1, 0.15) is 0 Å². The number of carbonyl (C=O) groups is 1. The Morgan fingerprint density at radius 1 is 1.35 bits per heavy atom. The molecule has 0 atom stereocenters. The van der Waals surface area contributed by atoms with Gasteiger partial charge in [-0.3, -0.25) is 0 Å². The number of hydrogen-bond donors (Lipinski definition) is 1. The largest absolute Gasteiger partial charge is 0.465 e. The number of H-pyrrole nitrogens is 1. The first kappa shape index (κ1) is 12.0. The van der Waals surface area contributed by atoms with Gasteiger partial charge in [-0.2, -0.15) is 0 Å². The van der Waals surface area contributed by atoms with E-state index in [2.05, 4.69) is 9.72 Å². The Bertz CT molecular complexity index is 596. The highest BCUT2D eigenvalue weighted by Gasteiger charge is 2.08. The molecule has 1 N–H and O–H groups in total. The first-order valence-corrected chi connectivity index (χ1v) is 6.22. The molecule has 0 saturated carbocycles. The van der Waals surface area contributed by atoms with Gasteiger partial charge in [0.05, 0.1) is 17.6 Å². The van der Waals surface area contributed by atoms with E-state index in [-0.39, 0.29) is 5.97 Å². The van der Waals surface area contributed by atoms with Crippen LogP contribution in [-0.4, -0.2) is 18.1 Å². The Hall–Kier alpha value is -1.46. The normalized spacial score (nSPS) is 10.2. The summed E-state index contributed by atoms with van der Waals surface area (Å²) in [5.41, 5.74) is 2.64. The number of carbonyl (C=O) groups excluding carboxylic acids is 1. The smallest absolute Gasteiger partial charge is 0.337 e. The molecular weight excluding hydrogens is 254 g/mol. The van der Waals surface area contributed by atoms with Crippen molar-refractivity contribution in [3.63, 3.8) is 0 Å². The van der Waals surface area contributed by atoms with Crippen molar-refractivity contribution >= 4 is 29.5 Å². The SMILES string of the molecule is COC(=O)c1ccc(-c2sc(=S)[nH]c2C)cc1. The zero-order chi connectivity index (χ0) is 12.4. The minimum absolute atomic E-state index is 0.324. The molecule has 0 fully saturated rings. The lowest BCUT2D eigenvalue weighted by Crippen LogP contribution is -2.00. The number of esters is 1. The molecule has 1 aromatic heterocycles. The molecule has 0 bridgehead atoms. The van der Waals surface area contributed by atoms with Gasteiger partial charge in [-0.25, -0.2) is 4.79 Å². The van der Waals surface area contributed by atoms with Gasteiger partial charge in [0.25, 0.3) is 0 Å². The fraction of sp³-hybridized carbons (Fsp3) is 0.167. The number of hydrogen-bond acceptors (Lipinski definition) is 4. The second-order valence-corrected chi connectivity index (χ2v) is 5.22. The second-order valence-electron chi connectivity index (χ2n) is 3.54. The second kappa shape index (κ2) is 4.81. The number of ether oxygens (including phenoxy) is 1. The maximum absolute atomic E-state index is 11.3. The predicted molar refractivity (Wildman–Crippen MR) is 71.0 cm³/mol. The number of rotatable bonds is 2. The molecule has 3 nitrogen and oxygen atoms in total. The summed E-state index contributed by atoms with van der Waals surface area (Å²) in [6.07, 6.45) is 0. The summed E-state index contributed by atoms with van der Waals surface area (Å²) in [5.74, 6) is -0.324. The minimum Gasteiger partial charge on any atom is -0.465 e. The third-order valence-corrected chi connectivity index (χ3v) is 3.78. The maximum atomic E-state index is 11.3. The van der Waals surface area contributed by atoms with Crippen LogP contribution in [0.15, 0.2) is 24.3 Å². The number of aromatic nitrogens is 1. The molecule has 0 aliphatic carbocycles. The topological polar surface area (TPSA) is 42.1 Å². The molecule has 1 aromatic carbocycles. The van der Waals surface area contributed by atoms with Gasteiger partial charge in [0, 0.05) is 5.69 Å². The van der Waals surface area contributed by atoms with Crippen LogP contribution in [0.2, 0.25) is 0 Å². The van der Waals surface area contributed by atoms with E-state index in [0.29, 0.717) is 5.56 Å². The number of nitrogens with one attached hydrogen (secondary N) is 1. The molecule has 0 aliphatic heterocycles. The van der Waals surface area contributed by atoms with Crippen molar-refractivity contribution in [2.24, 2.45) is 0 Å². The summed E-state index contributed by atoms with van der Waals surface area (Å²) in [4.78, 5) is 15.5. The number of thiazole rings is 1. The Labute approximate surface area is 108 Å². The van der Waals surface area contributed by atoms with Crippen LogP contribution in [0.25, 0.3) is 10.4 Å². The van der Waals surface area contributed by atoms with E-state index in [1.54, 1.807) is 12.1 Å². The summed E-state index contributed by atoms with van der Waals surface area (Å²) in [7, 11) is 1.37. The Morgan fingerprint density at radius 3 is 2.47 bits per heavy atom. The molecule has 88 valence electrons. The monoisotopic (exact) mass is 265 g/mol. The van der Waals surface area contributed by atoms with E-state index in [9.17, 15) is 4.79 Å². The summed E-state index contributed by atoms with van der Waals surface area (Å²) in [6, 6.07) is 7.30. The minimum atomic E-state index is -0.324. The van der Waals surface area contributed by atoms with E-state index >= 15 is 0 Å². The van der Waals surface area contributed by atoms with E-state index in [4.69, 9.17) is 12.2 Å². The van der Waals surface area contributed by atoms with Crippen LogP contribution in [0.5, 0.6) is 0 Å². The lowest BCUT2D eigenvalue weighted by molar-refractivity contribution is 0.0601. The van der Waals surface area contributed by atoms with E-state index < -0.39 is 0 Å². The van der Waals surface area contributed by atoms with E-state index in [0.717, 1.165) is 20.1 Å². The van der Waals surface area contributed by atoms with Gasteiger partial charge in [-0.1, -0.05) is 12.1 Å². The zero-order valence-corrected chi connectivity index (χ0v) is 11.1. The Kier molecular flexibility index (Phi) is 3.40. The van der Waals surface area contributed by atoms with Gasteiger partial charge in [0.15, 0.2) is 3.95 Å². The molecule has 0 radical (unpaired) electrons. The van der Waals surface area contributed by atoms with Crippen LogP contribution in [-0.2, 0) is 4.74 Å². The van der Waals surface area contributed by atoms with E-state index in [1.165, 1.54) is 18.4 Å². The quantitative estimate of drug-likeness (QED) is 0.666. The van der Waals surface area contributed by atoms with Crippen LogP contribution in [0, 0.1) is 10.9 Å². The highest BCUT2D eigenvalue weighted by atomic mass is 32.1. The van der Waals surface area contributed by atoms with Gasteiger partial charge in [-0.05, 0) is 36.8 Å². The molecule has 0 aliphatic rings.